The third kappa shape index (κ3) is 3.62. The number of hydrogen-bond donors (Lipinski definition) is 1. The summed E-state index contributed by atoms with van der Waals surface area (Å²) in [5.74, 6) is -0.177. The maximum Gasteiger partial charge on any atom is 0.126 e. The number of methoxy groups -OCH3 is 1. The van der Waals surface area contributed by atoms with Crippen molar-refractivity contribution in [1.82, 2.24) is 10.3 Å². The summed E-state index contributed by atoms with van der Waals surface area (Å²) in [5.41, 5.74) is 0.296. The first-order valence-corrected chi connectivity index (χ1v) is 7.41. The van der Waals surface area contributed by atoms with Crippen molar-refractivity contribution in [3.8, 4) is 0 Å². The highest BCUT2D eigenvalue weighted by molar-refractivity contribution is 7.09. The van der Waals surface area contributed by atoms with Crippen molar-refractivity contribution in [3.05, 3.63) is 52.2 Å². The molecule has 0 aliphatic carbocycles. The molecule has 0 aliphatic heterocycles. The standard InChI is InChI=1S/C15H19FN2OS/c1-15(18-7-9-19-2,14-17-8-10-20-14)11-12-5-3-4-6-13(12)16/h3-6,8,10,18H,7,9,11H2,1-2H3. The minimum absolute atomic E-state index is 0.177. The van der Waals surface area contributed by atoms with Crippen molar-refractivity contribution >= 4 is 11.3 Å². The number of hydrogen-bond acceptors (Lipinski definition) is 4. The van der Waals surface area contributed by atoms with E-state index in [9.17, 15) is 4.39 Å². The molecule has 1 atom stereocenters. The van der Waals surface area contributed by atoms with Crippen molar-refractivity contribution in [3.63, 3.8) is 0 Å². The quantitative estimate of drug-likeness (QED) is 0.797. The Balaban J connectivity index is 2.21. The van der Waals surface area contributed by atoms with Crippen LogP contribution >= 0.6 is 11.3 Å². The summed E-state index contributed by atoms with van der Waals surface area (Å²) >= 11 is 1.58. The van der Waals surface area contributed by atoms with Gasteiger partial charge in [-0.3, -0.25) is 0 Å². The van der Waals surface area contributed by atoms with Crippen LogP contribution in [0.15, 0.2) is 35.8 Å². The maximum absolute atomic E-state index is 13.9. The van der Waals surface area contributed by atoms with Gasteiger partial charge in [0.25, 0.3) is 0 Å². The highest BCUT2D eigenvalue weighted by Gasteiger charge is 2.29. The molecule has 0 amide bonds. The normalized spacial score (nSPS) is 14.2. The van der Waals surface area contributed by atoms with Gasteiger partial charge in [-0.2, -0.15) is 0 Å². The lowest BCUT2D eigenvalue weighted by molar-refractivity contribution is 0.185. The fourth-order valence-electron chi connectivity index (χ4n) is 2.16. The van der Waals surface area contributed by atoms with E-state index in [-0.39, 0.29) is 5.82 Å². The molecule has 3 nitrogen and oxygen atoms in total. The van der Waals surface area contributed by atoms with Crippen molar-refractivity contribution in [1.29, 1.82) is 0 Å². The number of rotatable bonds is 7. The number of nitrogens with one attached hydrogen (secondary N) is 1. The van der Waals surface area contributed by atoms with Crippen LogP contribution in [0.2, 0.25) is 0 Å². The van der Waals surface area contributed by atoms with Crippen molar-refractivity contribution in [2.45, 2.75) is 18.9 Å². The highest BCUT2D eigenvalue weighted by atomic mass is 32.1. The Labute approximate surface area is 122 Å². The molecule has 0 radical (unpaired) electrons. The molecule has 108 valence electrons. The second kappa shape index (κ2) is 6.92. The number of aromatic nitrogens is 1. The molecule has 0 spiro atoms. The zero-order chi connectivity index (χ0) is 14.4. The molecular formula is C15H19FN2OS. The molecule has 2 rings (SSSR count). The first kappa shape index (κ1) is 15.1. The van der Waals surface area contributed by atoms with Gasteiger partial charge in [-0.1, -0.05) is 18.2 Å². The molecule has 1 aromatic carbocycles. The molecule has 0 saturated carbocycles. The van der Waals surface area contributed by atoms with Crippen LogP contribution in [0.5, 0.6) is 0 Å². The van der Waals surface area contributed by atoms with Gasteiger partial charge in [0.1, 0.15) is 10.8 Å². The first-order valence-electron chi connectivity index (χ1n) is 6.53. The van der Waals surface area contributed by atoms with Gasteiger partial charge >= 0.3 is 0 Å². The van der Waals surface area contributed by atoms with E-state index in [1.54, 1.807) is 30.7 Å². The molecule has 0 bridgehead atoms. The molecule has 1 aromatic heterocycles. The summed E-state index contributed by atoms with van der Waals surface area (Å²) in [4.78, 5) is 4.39. The molecule has 1 heterocycles. The lowest BCUT2D eigenvalue weighted by Crippen LogP contribution is -2.43. The number of benzene rings is 1. The van der Waals surface area contributed by atoms with Crippen molar-refractivity contribution < 1.29 is 9.13 Å². The van der Waals surface area contributed by atoms with Crippen LogP contribution in [0.25, 0.3) is 0 Å². The first-order chi connectivity index (χ1) is 9.65. The summed E-state index contributed by atoms with van der Waals surface area (Å²) in [5, 5.41) is 6.32. The van der Waals surface area contributed by atoms with E-state index in [1.807, 2.05) is 24.4 Å². The Morgan fingerprint density at radius 1 is 1.40 bits per heavy atom. The molecule has 1 unspecified atom stereocenters. The van der Waals surface area contributed by atoms with E-state index in [2.05, 4.69) is 10.3 Å². The predicted molar refractivity (Wildman–Crippen MR) is 79.4 cm³/mol. The summed E-state index contributed by atoms with van der Waals surface area (Å²) in [6.07, 6.45) is 2.33. The summed E-state index contributed by atoms with van der Waals surface area (Å²) in [7, 11) is 1.67. The van der Waals surface area contributed by atoms with Gasteiger partial charge < -0.3 is 10.1 Å². The third-order valence-corrected chi connectivity index (χ3v) is 4.26. The van der Waals surface area contributed by atoms with E-state index < -0.39 is 5.54 Å². The Kier molecular flexibility index (Phi) is 5.23. The smallest absolute Gasteiger partial charge is 0.126 e. The average molecular weight is 294 g/mol. The van der Waals surface area contributed by atoms with Crippen LogP contribution in [0, 0.1) is 5.82 Å². The molecule has 1 N–H and O–H groups in total. The maximum atomic E-state index is 13.9. The van der Waals surface area contributed by atoms with E-state index in [1.165, 1.54) is 6.07 Å². The van der Waals surface area contributed by atoms with E-state index in [0.717, 1.165) is 5.01 Å². The number of halogens is 1. The van der Waals surface area contributed by atoms with E-state index in [0.29, 0.717) is 25.1 Å². The Morgan fingerprint density at radius 3 is 2.85 bits per heavy atom. The lowest BCUT2D eigenvalue weighted by atomic mass is 9.93. The molecule has 20 heavy (non-hydrogen) atoms. The van der Waals surface area contributed by atoms with Crippen LogP contribution in [0.4, 0.5) is 4.39 Å². The monoisotopic (exact) mass is 294 g/mol. The van der Waals surface area contributed by atoms with Gasteiger partial charge in [0.05, 0.1) is 12.1 Å². The van der Waals surface area contributed by atoms with Crippen LogP contribution < -0.4 is 5.32 Å². The molecule has 0 fully saturated rings. The Bertz CT molecular complexity index is 532. The number of nitrogens with zero attached hydrogens (tertiary/aromatic N) is 1. The zero-order valence-electron chi connectivity index (χ0n) is 11.7. The van der Waals surface area contributed by atoms with Gasteiger partial charge in [-0.25, -0.2) is 9.37 Å². The molecule has 5 heteroatoms. The summed E-state index contributed by atoms with van der Waals surface area (Å²) in [6, 6.07) is 6.87. The zero-order valence-corrected chi connectivity index (χ0v) is 12.5. The van der Waals surface area contributed by atoms with Gasteiger partial charge in [0.2, 0.25) is 0 Å². The third-order valence-electron chi connectivity index (χ3n) is 3.23. The molecule has 2 aromatic rings. The SMILES string of the molecule is COCCNC(C)(Cc1ccccc1F)c1nccs1. The topological polar surface area (TPSA) is 34.1 Å². The summed E-state index contributed by atoms with van der Waals surface area (Å²) in [6.45, 7) is 3.35. The van der Waals surface area contributed by atoms with E-state index >= 15 is 0 Å². The van der Waals surface area contributed by atoms with Gasteiger partial charge in [-0.05, 0) is 25.0 Å². The average Bonchev–Trinajstić information content (AvgIpc) is 2.96. The second-order valence-corrected chi connectivity index (χ2v) is 5.75. The molecular weight excluding hydrogens is 275 g/mol. The van der Waals surface area contributed by atoms with Crippen LogP contribution in [0.3, 0.4) is 0 Å². The van der Waals surface area contributed by atoms with Crippen molar-refractivity contribution in [2.75, 3.05) is 20.3 Å². The van der Waals surface area contributed by atoms with Crippen molar-refractivity contribution in [2.24, 2.45) is 0 Å². The van der Waals surface area contributed by atoms with Gasteiger partial charge in [0, 0.05) is 25.2 Å². The Morgan fingerprint density at radius 2 is 2.20 bits per heavy atom. The minimum atomic E-state index is -0.394. The summed E-state index contributed by atoms with van der Waals surface area (Å²) < 4.78 is 19.0. The predicted octanol–water partition coefficient (Wildman–Crippen LogP) is 2.98. The van der Waals surface area contributed by atoms with Crippen LogP contribution in [-0.2, 0) is 16.7 Å². The highest BCUT2D eigenvalue weighted by Crippen LogP contribution is 2.28. The largest absolute Gasteiger partial charge is 0.383 e. The number of thiazole rings is 1. The molecule has 0 aliphatic rings. The molecule has 0 saturated heterocycles. The minimum Gasteiger partial charge on any atom is -0.383 e. The van der Waals surface area contributed by atoms with E-state index in [4.69, 9.17) is 4.74 Å². The van der Waals surface area contributed by atoms with Crippen LogP contribution in [-0.4, -0.2) is 25.2 Å². The van der Waals surface area contributed by atoms with Gasteiger partial charge in [0.15, 0.2) is 0 Å². The fourth-order valence-corrected chi connectivity index (χ4v) is 2.94. The lowest BCUT2D eigenvalue weighted by Gasteiger charge is -2.29. The fraction of sp³-hybridized carbons (Fsp3) is 0.400. The van der Waals surface area contributed by atoms with Gasteiger partial charge in [-0.15, -0.1) is 11.3 Å². The second-order valence-electron chi connectivity index (χ2n) is 4.86. The Hall–Kier alpha value is -1.30. The van der Waals surface area contributed by atoms with Crippen LogP contribution in [0.1, 0.15) is 17.5 Å². The number of ether oxygens (including phenoxy) is 1.